The lowest BCUT2D eigenvalue weighted by atomic mass is 10.2. The van der Waals surface area contributed by atoms with E-state index < -0.39 is 6.10 Å². The number of hydrogen-bond acceptors (Lipinski definition) is 7. The van der Waals surface area contributed by atoms with Crippen molar-refractivity contribution in [2.24, 2.45) is 0 Å². The molecule has 162 valence electrons. The van der Waals surface area contributed by atoms with Gasteiger partial charge in [0.25, 0.3) is 0 Å². The summed E-state index contributed by atoms with van der Waals surface area (Å²) in [6.45, 7) is 4.62. The van der Waals surface area contributed by atoms with Crippen molar-refractivity contribution in [2.75, 3.05) is 12.4 Å². The van der Waals surface area contributed by atoms with Crippen LogP contribution in [0.5, 0.6) is 11.5 Å². The second-order valence-corrected chi connectivity index (χ2v) is 8.49. The molecule has 1 aliphatic heterocycles. The monoisotopic (exact) mass is 467 g/mol. The largest absolute Gasteiger partial charge is 0.485 e. The first-order valence-corrected chi connectivity index (χ1v) is 11.3. The molecule has 0 amide bonds. The van der Waals surface area contributed by atoms with E-state index in [1.807, 2.05) is 28.8 Å². The van der Waals surface area contributed by atoms with E-state index in [0.29, 0.717) is 46.2 Å². The Morgan fingerprint density at radius 3 is 2.91 bits per heavy atom. The lowest BCUT2D eigenvalue weighted by Crippen LogP contribution is -2.25. The Labute approximate surface area is 193 Å². The van der Waals surface area contributed by atoms with Crippen LogP contribution in [-0.4, -0.2) is 32.9 Å². The van der Waals surface area contributed by atoms with Crippen LogP contribution in [0.15, 0.2) is 70.8 Å². The highest BCUT2D eigenvalue weighted by Crippen LogP contribution is 2.36. The average molecular weight is 468 g/mol. The predicted octanol–water partition coefficient (Wildman–Crippen LogP) is 5.35. The van der Waals surface area contributed by atoms with E-state index in [1.165, 1.54) is 11.8 Å². The first-order chi connectivity index (χ1) is 15.6. The molecule has 2 aromatic heterocycles. The molecule has 7 nitrogen and oxygen atoms in total. The third kappa shape index (κ3) is 3.99. The number of rotatable bonds is 7. The van der Waals surface area contributed by atoms with Crippen molar-refractivity contribution in [1.29, 1.82) is 0 Å². The number of halogens is 1. The summed E-state index contributed by atoms with van der Waals surface area (Å²) in [4.78, 5) is 12.7. The normalized spacial score (nSPS) is 15.1. The van der Waals surface area contributed by atoms with Gasteiger partial charge in [-0.25, -0.2) is 0 Å². The summed E-state index contributed by atoms with van der Waals surface area (Å²) in [6, 6.07) is 14.4. The van der Waals surface area contributed by atoms with Crippen LogP contribution in [0.2, 0.25) is 5.02 Å². The molecule has 3 heterocycles. The number of para-hydroxylation sites is 2. The summed E-state index contributed by atoms with van der Waals surface area (Å²) in [5, 5.41) is 10.6. The van der Waals surface area contributed by atoms with Crippen molar-refractivity contribution in [2.45, 2.75) is 17.8 Å². The summed E-state index contributed by atoms with van der Waals surface area (Å²) in [5.41, 5.74) is 0.620. The molecule has 2 aromatic carbocycles. The molecule has 0 bridgehead atoms. The Morgan fingerprint density at radius 2 is 2.06 bits per heavy atom. The van der Waals surface area contributed by atoms with E-state index >= 15 is 0 Å². The van der Waals surface area contributed by atoms with Crippen molar-refractivity contribution in [3.05, 3.63) is 77.8 Å². The van der Waals surface area contributed by atoms with Crippen molar-refractivity contribution in [3.8, 4) is 11.5 Å². The maximum absolute atomic E-state index is 12.7. The van der Waals surface area contributed by atoms with Gasteiger partial charge in [-0.05, 0) is 36.4 Å². The minimum Gasteiger partial charge on any atom is -0.485 e. The van der Waals surface area contributed by atoms with Gasteiger partial charge in [0.15, 0.2) is 34.3 Å². The third-order valence-electron chi connectivity index (χ3n) is 4.94. The van der Waals surface area contributed by atoms with Gasteiger partial charge in [0.1, 0.15) is 12.2 Å². The maximum atomic E-state index is 12.7. The highest BCUT2D eigenvalue weighted by atomic mass is 35.5. The first-order valence-electron chi connectivity index (χ1n) is 9.90. The summed E-state index contributed by atoms with van der Waals surface area (Å²) >= 11 is 7.30. The van der Waals surface area contributed by atoms with Crippen molar-refractivity contribution < 1.29 is 18.7 Å². The molecule has 0 spiro atoms. The number of Topliss-reactive ketones (excluding diaryl/α,β-unsaturated/α-hetero) is 1. The maximum Gasteiger partial charge on any atom is 0.208 e. The molecule has 0 saturated carbocycles. The number of furan rings is 1. The van der Waals surface area contributed by atoms with E-state index in [4.69, 9.17) is 25.5 Å². The summed E-state index contributed by atoms with van der Waals surface area (Å²) in [6.07, 6.45) is 1.34. The molecule has 0 saturated heterocycles. The number of benzene rings is 2. The highest BCUT2D eigenvalue weighted by molar-refractivity contribution is 7.99. The summed E-state index contributed by atoms with van der Waals surface area (Å²) < 4.78 is 19.4. The lowest BCUT2D eigenvalue weighted by Gasteiger charge is -2.26. The number of ether oxygens (including phenoxy) is 2. The molecule has 0 fully saturated rings. The molecule has 4 aromatic rings. The molecule has 32 heavy (non-hydrogen) atoms. The SMILES string of the molecule is C=CCn1c(SCC(=O)c2cc3cc(Cl)ccc3o2)nnc1[C@@H]1COc2ccccc2O1. The van der Waals surface area contributed by atoms with Crippen molar-refractivity contribution >= 4 is 40.1 Å². The highest BCUT2D eigenvalue weighted by Gasteiger charge is 2.28. The van der Waals surface area contributed by atoms with Gasteiger partial charge in [-0.2, -0.15) is 0 Å². The molecule has 0 N–H and O–H groups in total. The summed E-state index contributed by atoms with van der Waals surface area (Å²) in [7, 11) is 0. The fourth-order valence-corrected chi connectivity index (χ4v) is 4.45. The van der Waals surface area contributed by atoms with Gasteiger partial charge in [0, 0.05) is 17.0 Å². The van der Waals surface area contributed by atoms with Crippen LogP contribution >= 0.6 is 23.4 Å². The van der Waals surface area contributed by atoms with E-state index in [9.17, 15) is 4.79 Å². The van der Waals surface area contributed by atoms with E-state index in [1.54, 1.807) is 30.3 Å². The number of allylic oxidation sites excluding steroid dienone is 1. The minimum absolute atomic E-state index is 0.147. The number of carbonyl (C=O) groups is 1. The van der Waals surface area contributed by atoms with Gasteiger partial charge < -0.3 is 13.9 Å². The van der Waals surface area contributed by atoms with Crippen molar-refractivity contribution in [1.82, 2.24) is 14.8 Å². The Bertz CT molecular complexity index is 1320. The second kappa shape index (κ2) is 8.72. The Kier molecular flexibility index (Phi) is 5.63. The zero-order valence-corrected chi connectivity index (χ0v) is 18.4. The molecule has 0 unspecified atom stereocenters. The molecule has 1 aliphatic rings. The van der Waals surface area contributed by atoms with E-state index in [-0.39, 0.29) is 17.3 Å². The second-order valence-electron chi connectivity index (χ2n) is 7.11. The van der Waals surface area contributed by atoms with Crippen LogP contribution in [0, 0.1) is 0 Å². The zero-order chi connectivity index (χ0) is 22.1. The molecule has 9 heteroatoms. The van der Waals surface area contributed by atoms with Crippen LogP contribution in [0.25, 0.3) is 11.0 Å². The van der Waals surface area contributed by atoms with Crippen LogP contribution in [0.3, 0.4) is 0 Å². The molecule has 0 radical (unpaired) electrons. The number of carbonyl (C=O) groups excluding carboxylic acids is 1. The van der Waals surface area contributed by atoms with Gasteiger partial charge in [-0.15, -0.1) is 16.8 Å². The molecule has 0 aliphatic carbocycles. The Balaban J connectivity index is 1.33. The van der Waals surface area contributed by atoms with Gasteiger partial charge in [0.05, 0.1) is 5.75 Å². The molecular weight excluding hydrogens is 450 g/mol. The van der Waals surface area contributed by atoms with Crippen LogP contribution < -0.4 is 9.47 Å². The smallest absolute Gasteiger partial charge is 0.208 e. The van der Waals surface area contributed by atoms with Gasteiger partial charge >= 0.3 is 0 Å². The number of nitrogens with zero attached hydrogens (tertiary/aromatic N) is 3. The number of hydrogen-bond donors (Lipinski definition) is 0. The molecular formula is C23H18ClN3O4S. The molecule has 5 rings (SSSR count). The van der Waals surface area contributed by atoms with Crippen molar-refractivity contribution in [3.63, 3.8) is 0 Å². The van der Waals surface area contributed by atoms with Gasteiger partial charge in [-0.3, -0.25) is 9.36 Å². The topological polar surface area (TPSA) is 79.4 Å². The Hall–Kier alpha value is -3.23. The van der Waals surface area contributed by atoms with Crippen LogP contribution in [-0.2, 0) is 6.54 Å². The standard InChI is InChI=1S/C23H18ClN3O4S/c1-2-9-27-22(21-12-29-18-5-3-4-6-19(18)31-21)25-26-23(27)32-13-16(28)20-11-14-10-15(24)7-8-17(14)30-20/h2-8,10-11,21H,1,9,12-13H2/t21-/m0/s1. The number of ketones is 1. The Morgan fingerprint density at radius 1 is 1.22 bits per heavy atom. The van der Waals surface area contributed by atoms with Gasteiger partial charge in [-0.1, -0.05) is 41.6 Å². The number of aromatic nitrogens is 3. The zero-order valence-electron chi connectivity index (χ0n) is 16.9. The third-order valence-corrected chi connectivity index (χ3v) is 6.14. The van der Waals surface area contributed by atoms with E-state index in [2.05, 4.69) is 16.8 Å². The predicted molar refractivity (Wildman–Crippen MR) is 122 cm³/mol. The lowest BCUT2D eigenvalue weighted by molar-refractivity contribution is 0.0821. The van der Waals surface area contributed by atoms with Gasteiger partial charge in [0.2, 0.25) is 5.78 Å². The average Bonchev–Trinajstić information content (AvgIpc) is 3.41. The van der Waals surface area contributed by atoms with E-state index in [0.717, 1.165) is 5.39 Å². The van der Waals surface area contributed by atoms with Crippen LogP contribution in [0.4, 0.5) is 0 Å². The number of fused-ring (bicyclic) bond motifs is 2. The fourth-order valence-electron chi connectivity index (χ4n) is 3.45. The minimum atomic E-state index is -0.414. The molecule has 1 atom stereocenters. The first kappa shape index (κ1) is 20.7. The van der Waals surface area contributed by atoms with Crippen LogP contribution in [0.1, 0.15) is 22.5 Å². The fraction of sp³-hybridized carbons (Fsp3) is 0.174. The number of thioether (sulfide) groups is 1. The quantitative estimate of drug-likeness (QED) is 0.206. The summed E-state index contributed by atoms with van der Waals surface area (Å²) in [5.74, 6) is 2.26.